The Morgan fingerprint density at radius 1 is 1.07 bits per heavy atom. The fourth-order valence-corrected chi connectivity index (χ4v) is 3.77. The maximum Gasteiger partial charge on any atom is 0.339 e. The van der Waals surface area contributed by atoms with Crippen LogP contribution in [0.2, 0.25) is 0 Å². The summed E-state index contributed by atoms with van der Waals surface area (Å²) in [5.74, 6) is -1.05. The van der Waals surface area contributed by atoms with Gasteiger partial charge in [-0.1, -0.05) is 24.3 Å². The molecule has 0 aliphatic rings. The number of esters is 1. The highest BCUT2D eigenvalue weighted by Crippen LogP contribution is 2.24. The van der Waals surface area contributed by atoms with E-state index in [9.17, 15) is 18.0 Å². The zero-order chi connectivity index (χ0) is 20.6. The molecule has 3 rings (SSSR count). The van der Waals surface area contributed by atoms with Crippen LogP contribution in [0.25, 0.3) is 10.9 Å². The second-order valence-electron chi connectivity index (χ2n) is 6.83. The van der Waals surface area contributed by atoms with Gasteiger partial charge in [-0.2, -0.15) is 0 Å². The second kappa shape index (κ2) is 7.24. The molecule has 0 radical (unpaired) electrons. The maximum atomic E-state index is 12.9. The van der Waals surface area contributed by atoms with Gasteiger partial charge in [0.15, 0.2) is 15.9 Å². The van der Waals surface area contributed by atoms with Gasteiger partial charge in [-0.25, -0.2) is 13.2 Å². The van der Waals surface area contributed by atoms with Gasteiger partial charge in [0, 0.05) is 28.4 Å². The quantitative estimate of drug-likeness (QED) is 0.522. The first kappa shape index (κ1) is 19.8. The number of carbonyl (C=O) groups is 2. The van der Waals surface area contributed by atoms with Crippen LogP contribution in [0.3, 0.4) is 0 Å². The number of ether oxygens (including phenoxy) is 1. The fraction of sp³-hybridized carbons (Fsp3) is 0.238. The van der Waals surface area contributed by atoms with E-state index >= 15 is 0 Å². The van der Waals surface area contributed by atoms with Gasteiger partial charge in [0.1, 0.15) is 0 Å². The molecule has 0 fully saturated rings. The first-order chi connectivity index (χ1) is 13.1. The number of carbonyl (C=O) groups excluding carboxylic acids is 2. The zero-order valence-corrected chi connectivity index (χ0v) is 16.9. The van der Waals surface area contributed by atoms with Crippen molar-refractivity contribution in [3.8, 4) is 0 Å². The smallest absolute Gasteiger partial charge is 0.339 e. The first-order valence-corrected chi connectivity index (χ1v) is 10.6. The van der Waals surface area contributed by atoms with Crippen LogP contribution in [0.4, 0.5) is 0 Å². The summed E-state index contributed by atoms with van der Waals surface area (Å²) in [6.07, 6.45) is 0.0466. The van der Waals surface area contributed by atoms with E-state index < -0.39 is 21.9 Å². The Labute approximate surface area is 163 Å². The van der Waals surface area contributed by atoms with Crippen LogP contribution in [-0.4, -0.2) is 37.5 Å². The minimum Gasteiger partial charge on any atom is -0.451 e. The van der Waals surface area contributed by atoms with Gasteiger partial charge in [0.05, 0.1) is 10.5 Å². The molecular weight excluding hydrogens is 378 g/mol. The van der Waals surface area contributed by atoms with Crippen molar-refractivity contribution in [3.63, 3.8) is 0 Å². The van der Waals surface area contributed by atoms with E-state index in [2.05, 4.69) is 4.98 Å². The lowest BCUT2D eigenvalue weighted by Crippen LogP contribution is -2.25. The molecule has 0 spiro atoms. The minimum absolute atomic E-state index is 0.0245. The monoisotopic (exact) mass is 399 g/mol. The van der Waals surface area contributed by atoms with Crippen molar-refractivity contribution in [1.82, 2.24) is 4.98 Å². The number of H-pyrrole nitrogens is 1. The predicted octanol–water partition coefficient (Wildman–Crippen LogP) is 3.62. The highest BCUT2D eigenvalue weighted by atomic mass is 32.2. The Hall–Kier alpha value is -2.93. The number of fused-ring (bicyclic) bond motifs is 1. The van der Waals surface area contributed by atoms with Crippen molar-refractivity contribution in [2.75, 3.05) is 6.26 Å². The molecule has 0 aliphatic carbocycles. The number of aryl methyl sites for hydroxylation is 2. The Balaban J connectivity index is 1.88. The van der Waals surface area contributed by atoms with Crippen LogP contribution >= 0.6 is 0 Å². The molecule has 0 aliphatic heterocycles. The molecule has 1 N–H and O–H groups in total. The summed E-state index contributed by atoms with van der Waals surface area (Å²) >= 11 is 0. The Bertz CT molecular complexity index is 1190. The second-order valence-corrected chi connectivity index (χ2v) is 8.85. The summed E-state index contributed by atoms with van der Waals surface area (Å²) in [6.45, 7) is 4.98. The van der Waals surface area contributed by atoms with E-state index in [0.29, 0.717) is 16.8 Å². The molecule has 6 nitrogen and oxygen atoms in total. The molecule has 1 heterocycles. The van der Waals surface area contributed by atoms with E-state index in [1.165, 1.54) is 19.1 Å². The fourth-order valence-electron chi connectivity index (χ4n) is 3.13. The van der Waals surface area contributed by atoms with Crippen molar-refractivity contribution in [3.05, 3.63) is 64.8 Å². The van der Waals surface area contributed by atoms with Gasteiger partial charge in [-0.15, -0.1) is 0 Å². The molecule has 0 amide bonds. The Kier molecular flexibility index (Phi) is 5.12. The van der Waals surface area contributed by atoms with Crippen LogP contribution in [0.15, 0.2) is 47.4 Å². The molecule has 28 heavy (non-hydrogen) atoms. The summed E-state index contributed by atoms with van der Waals surface area (Å²) in [7, 11) is -3.46. The topological polar surface area (TPSA) is 93.3 Å². The van der Waals surface area contributed by atoms with Gasteiger partial charge in [0.2, 0.25) is 5.78 Å². The number of ketones is 1. The Morgan fingerprint density at radius 3 is 2.43 bits per heavy atom. The zero-order valence-electron chi connectivity index (χ0n) is 16.1. The van der Waals surface area contributed by atoms with Crippen LogP contribution < -0.4 is 0 Å². The third-order valence-corrected chi connectivity index (χ3v) is 5.76. The largest absolute Gasteiger partial charge is 0.451 e. The number of aromatic amines is 1. The van der Waals surface area contributed by atoms with E-state index in [1.807, 2.05) is 24.3 Å². The third kappa shape index (κ3) is 3.71. The molecule has 0 saturated carbocycles. The van der Waals surface area contributed by atoms with Crippen LogP contribution in [0.1, 0.15) is 38.9 Å². The molecular formula is C21H21NO5S. The predicted molar refractivity (Wildman–Crippen MR) is 107 cm³/mol. The van der Waals surface area contributed by atoms with Crippen molar-refractivity contribution in [2.24, 2.45) is 0 Å². The average molecular weight is 399 g/mol. The molecule has 0 unspecified atom stereocenters. The third-order valence-electron chi connectivity index (χ3n) is 4.65. The summed E-state index contributed by atoms with van der Waals surface area (Å²) < 4.78 is 28.9. The van der Waals surface area contributed by atoms with E-state index in [-0.39, 0.29) is 16.2 Å². The van der Waals surface area contributed by atoms with Gasteiger partial charge in [-0.05, 0) is 44.5 Å². The van der Waals surface area contributed by atoms with Gasteiger partial charge < -0.3 is 9.72 Å². The number of Topliss-reactive ketones (excluding diaryl/α,β-unsaturated/α-hetero) is 1. The lowest BCUT2D eigenvalue weighted by molar-refractivity contribution is 0.0318. The van der Waals surface area contributed by atoms with E-state index in [0.717, 1.165) is 17.2 Å². The number of aromatic nitrogens is 1. The van der Waals surface area contributed by atoms with Crippen molar-refractivity contribution in [1.29, 1.82) is 0 Å². The van der Waals surface area contributed by atoms with E-state index in [1.54, 1.807) is 19.9 Å². The van der Waals surface area contributed by atoms with Gasteiger partial charge >= 0.3 is 5.97 Å². The maximum absolute atomic E-state index is 12.9. The highest BCUT2D eigenvalue weighted by molar-refractivity contribution is 7.90. The summed E-state index contributed by atoms with van der Waals surface area (Å²) in [4.78, 5) is 28.7. The minimum atomic E-state index is -3.46. The number of para-hydroxylation sites is 1. The van der Waals surface area contributed by atoms with E-state index in [4.69, 9.17) is 4.74 Å². The molecule has 1 aromatic heterocycles. The standard InChI is InChI=1S/C21H21NO5S/c1-12-9-10-15(28(4,25)26)11-17(12)21(24)27-14(3)20(23)19-13(2)22-18-8-6-5-7-16(18)19/h5-11,14,22H,1-4H3/t14-/m0/s1. The summed E-state index contributed by atoms with van der Waals surface area (Å²) in [5.41, 5.74) is 2.71. The number of hydrogen-bond acceptors (Lipinski definition) is 5. The molecule has 0 bridgehead atoms. The van der Waals surface area contributed by atoms with Gasteiger partial charge in [0.25, 0.3) is 0 Å². The summed E-state index contributed by atoms with van der Waals surface area (Å²) in [5, 5.41) is 0.767. The van der Waals surface area contributed by atoms with Crippen LogP contribution in [0, 0.1) is 13.8 Å². The molecule has 146 valence electrons. The van der Waals surface area contributed by atoms with Gasteiger partial charge in [-0.3, -0.25) is 4.79 Å². The molecule has 0 saturated heterocycles. The van der Waals surface area contributed by atoms with Crippen LogP contribution in [0.5, 0.6) is 0 Å². The average Bonchev–Trinajstić information content (AvgIpc) is 2.95. The number of hydrogen-bond donors (Lipinski definition) is 1. The number of rotatable bonds is 5. The highest BCUT2D eigenvalue weighted by Gasteiger charge is 2.26. The lowest BCUT2D eigenvalue weighted by Gasteiger charge is -2.14. The first-order valence-electron chi connectivity index (χ1n) is 8.73. The molecule has 2 aromatic carbocycles. The number of nitrogens with one attached hydrogen (secondary N) is 1. The molecule has 1 atom stereocenters. The summed E-state index contributed by atoms with van der Waals surface area (Å²) in [6, 6.07) is 11.7. The van der Waals surface area contributed by atoms with Crippen molar-refractivity contribution in [2.45, 2.75) is 31.8 Å². The molecule has 3 aromatic rings. The lowest BCUT2D eigenvalue weighted by atomic mass is 10.0. The van der Waals surface area contributed by atoms with Crippen LogP contribution in [-0.2, 0) is 14.6 Å². The molecule has 7 heteroatoms. The normalized spacial score (nSPS) is 12.7. The Morgan fingerprint density at radius 2 is 1.75 bits per heavy atom. The number of benzene rings is 2. The number of sulfone groups is 1. The van der Waals surface area contributed by atoms with Crippen molar-refractivity contribution >= 4 is 32.5 Å². The SMILES string of the molecule is Cc1ccc(S(C)(=O)=O)cc1C(=O)O[C@@H](C)C(=O)c1c(C)[nH]c2ccccc12. The van der Waals surface area contributed by atoms with Crippen molar-refractivity contribution < 1.29 is 22.7 Å².